The lowest BCUT2D eigenvalue weighted by Gasteiger charge is -2.36. The van der Waals surface area contributed by atoms with Crippen LogP contribution in [0.3, 0.4) is 0 Å². The van der Waals surface area contributed by atoms with Crippen molar-refractivity contribution in [3.63, 3.8) is 0 Å². The molecule has 3 rings (SSSR count). The number of carbonyl (C=O) groups excluding carboxylic acids is 1. The highest BCUT2D eigenvalue weighted by molar-refractivity contribution is 5.87. The first-order chi connectivity index (χ1) is 11.6. The van der Waals surface area contributed by atoms with E-state index in [9.17, 15) is 4.79 Å². The Hall–Kier alpha value is -2.26. The van der Waals surface area contributed by atoms with E-state index in [2.05, 4.69) is 25.1 Å². The Balaban J connectivity index is 1.64. The number of likely N-dealkylation sites (N-methyl/N-ethyl adjacent to an activating group) is 1. The molecule has 0 radical (unpaired) electrons. The van der Waals surface area contributed by atoms with Crippen molar-refractivity contribution >= 4 is 5.97 Å². The fraction of sp³-hybridized carbons (Fsp3) is 0.600. The van der Waals surface area contributed by atoms with Gasteiger partial charge in [0.15, 0.2) is 17.3 Å². The third kappa shape index (κ3) is 3.62. The van der Waals surface area contributed by atoms with Crippen molar-refractivity contribution in [2.75, 3.05) is 33.3 Å². The van der Waals surface area contributed by atoms with E-state index in [1.54, 1.807) is 19.9 Å². The van der Waals surface area contributed by atoms with E-state index in [0.29, 0.717) is 30.6 Å². The van der Waals surface area contributed by atoms with Crippen LogP contribution in [-0.4, -0.2) is 64.4 Å². The molecular weight excluding hydrogens is 314 g/mol. The maximum absolute atomic E-state index is 11.6. The highest BCUT2D eigenvalue weighted by atomic mass is 16.5. The lowest BCUT2D eigenvalue weighted by Crippen LogP contribution is -2.46. The summed E-state index contributed by atoms with van der Waals surface area (Å²) in [5.74, 6) is 1.41. The molecule has 0 aromatic carbocycles. The maximum atomic E-state index is 11.6. The van der Waals surface area contributed by atoms with Gasteiger partial charge in [0.05, 0.1) is 13.2 Å². The molecule has 0 saturated carbocycles. The molecule has 1 atom stereocenters. The zero-order chi connectivity index (χ0) is 17.1. The van der Waals surface area contributed by atoms with Gasteiger partial charge < -0.3 is 13.8 Å². The molecule has 1 saturated heterocycles. The zero-order valence-corrected chi connectivity index (χ0v) is 14.1. The topological polar surface area (TPSA) is 97.7 Å². The number of esters is 1. The number of nitrogens with zero attached hydrogens (tertiary/aromatic N) is 5. The van der Waals surface area contributed by atoms with E-state index < -0.39 is 5.97 Å². The summed E-state index contributed by atoms with van der Waals surface area (Å²) in [6, 6.07) is 1.66. The maximum Gasteiger partial charge on any atom is 0.360 e. The van der Waals surface area contributed by atoms with E-state index in [-0.39, 0.29) is 11.7 Å². The van der Waals surface area contributed by atoms with Crippen LogP contribution in [-0.2, 0) is 11.3 Å². The van der Waals surface area contributed by atoms with Gasteiger partial charge in [-0.05, 0) is 20.9 Å². The smallest absolute Gasteiger partial charge is 0.360 e. The average molecular weight is 335 g/mol. The quantitative estimate of drug-likeness (QED) is 0.742. The normalized spacial score (nSPS) is 19.5. The molecule has 24 heavy (non-hydrogen) atoms. The fourth-order valence-electron chi connectivity index (χ4n) is 2.70. The highest BCUT2D eigenvalue weighted by Crippen LogP contribution is 2.23. The fourth-order valence-corrected chi connectivity index (χ4v) is 2.70. The second-order valence-corrected chi connectivity index (χ2v) is 5.81. The molecule has 9 heteroatoms. The van der Waals surface area contributed by atoms with Gasteiger partial charge >= 0.3 is 5.97 Å². The Morgan fingerprint density at radius 2 is 2.21 bits per heavy atom. The molecule has 2 aromatic rings. The minimum Gasteiger partial charge on any atom is -0.461 e. The van der Waals surface area contributed by atoms with Gasteiger partial charge in [-0.1, -0.05) is 10.3 Å². The molecule has 1 unspecified atom stereocenters. The molecule has 130 valence electrons. The minimum absolute atomic E-state index is 0.0346. The van der Waals surface area contributed by atoms with Crippen molar-refractivity contribution in [1.82, 2.24) is 25.1 Å². The van der Waals surface area contributed by atoms with Crippen LogP contribution in [0, 0.1) is 6.92 Å². The summed E-state index contributed by atoms with van der Waals surface area (Å²) < 4.78 is 15.5. The number of hydrogen-bond acceptors (Lipinski definition) is 9. The SMILES string of the molecule is CCOC(=O)c1cc(CN2CCN(C)C(c3nc(C)no3)C2)on1. The number of aryl methyl sites for hydroxylation is 1. The van der Waals surface area contributed by atoms with E-state index in [0.717, 1.165) is 19.6 Å². The number of carbonyl (C=O) groups is 1. The molecular formula is C15H21N5O4. The number of rotatable bonds is 5. The van der Waals surface area contributed by atoms with Gasteiger partial charge in [-0.2, -0.15) is 4.98 Å². The Bertz CT molecular complexity index is 698. The first kappa shape index (κ1) is 16.6. The molecule has 0 aliphatic carbocycles. The van der Waals surface area contributed by atoms with Gasteiger partial charge in [0.2, 0.25) is 5.89 Å². The summed E-state index contributed by atoms with van der Waals surface area (Å²) in [7, 11) is 2.04. The molecule has 9 nitrogen and oxygen atoms in total. The summed E-state index contributed by atoms with van der Waals surface area (Å²) in [4.78, 5) is 20.4. The Labute approximate surface area is 139 Å². The van der Waals surface area contributed by atoms with Gasteiger partial charge in [0, 0.05) is 25.7 Å². The molecule has 0 amide bonds. The van der Waals surface area contributed by atoms with Crippen LogP contribution in [0.2, 0.25) is 0 Å². The number of ether oxygens (including phenoxy) is 1. The molecule has 1 fully saturated rings. The Morgan fingerprint density at radius 1 is 1.38 bits per heavy atom. The van der Waals surface area contributed by atoms with Crippen LogP contribution in [0.25, 0.3) is 0 Å². The lowest BCUT2D eigenvalue weighted by atomic mass is 10.1. The highest BCUT2D eigenvalue weighted by Gasteiger charge is 2.30. The van der Waals surface area contributed by atoms with Gasteiger partial charge in [0.1, 0.15) is 6.04 Å². The predicted molar refractivity (Wildman–Crippen MR) is 82.1 cm³/mol. The lowest BCUT2D eigenvalue weighted by molar-refractivity contribution is 0.0513. The van der Waals surface area contributed by atoms with Crippen molar-refractivity contribution in [1.29, 1.82) is 0 Å². The van der Waals surface area contributed by atoms with E-state index >= 15 is 0 Å². The molecule has 0 spiro atoms. The van der Waals surface area contributed by atoms with E-state index in [1.165, 1.54) is 0 Å². The van der Waals surface area contributed by atoms with Gasteiger partial charge in [-0.3, -0.25) is 9.80 Å². The minimum atomic E-state index is -0.468. The second-order valence-electron chi connectivity index (χ2n) is 5.81. The van der Waals surface area contributed by atoms with Crippen molar-refractivity contribution in [3.05, 3.63) is 29.2 Å². The van der Waals surface area contributed by atoms with Crippen molar-refractivity contribution in [2.24, 2.45) is 0 Å². The second kappa shape index (κ2) is 7.10. The zero-order valence-electron chi connectivity index (χ0n) is 14.1. The van der Waals surface area contributed by atoms with Crippen molar-refractivity contribution in [3.8, 4) is 0 Å². The monoisotopic (exact) mass is 335 g/mol. The Kier molecular flexibility index (Phi) is 4.91. The first-order valence-corrected chi connectivity index (χ1v) is 7.92. The van der Waals surface area contributed by atoms with Crippen LogP contribution >= 0.6 is 0 Å². The Morgan fingerprint density at radius 3 is 2.92 bits per heavy atom. The van der Waals surface area contributed by atoms with Gasteiger partial charge in [-0.15, -0.1) is 0 Å². The standard InChI is InChI=1S/C15H21N5O4/c1-4-22-15(21)12-7-11(23-18-12)8-20-6-5-19(3)13(9-20)14-16-10(2)17-24-14/h7,13H,4-6,8-9H2,1-3H3. The predicted octanol–water partition coefficient (Wildman–Crippen LogP) is 1.03. The number of aromatic nitrogens is 3. The summed E-state index contributed by atoms with van der Waals surface area (Å²) >= 11 is 0. The van der Waals surface area contributed by atoms with Crippen LogP contribution in [0.15, 0.2) is 15.1 Å². The molecule has 1 aliphatic rings. The molecule has 3 heterocycles. The van der Waals surface area contributed by atoms with Crippen molar-refractivity contribution in [2.45, 2.75) is 26.4 Å². The molecule has 0 N–H and O–H groups in total. The average Bonchev–Trinajstić information content (AvgIpc) is 3.19. The van der Waals surface area contributed by atoms with Gasteiger partial charge in [0.25, 0.3) is 0 Å². The van der Waals surface area contributed by atoms with Crippen molar-refractivity contribution < 1.29 is 18.6 Å². The van der Waals surface area contributed by atoms with Crippen LogP contribution in [0.5, 0.6) is 0 Å². The largest absolute Gasteiger partial charge is 0.461 e. The summed E-state index contributed by atoms with van der Waals surface area (Å²) in [5.41, 5.74) is 0.199. The van der Waals surface area contributed by atoms with Crippen LogP contribution < -0.4 is 0 Å². The third-order valence-electron chi connectivity index (χ3n) is 3.98. The number of piperazine rings is 1. The molecule has 1 aliphatic heterocycles. The summed E-state index contributed by atoms with van der Waals surface area (Å²) in [5, 5.41) is 7.63. The summed E-state index contributed by atoms with van der Waals surface area (Å²) in [6.45, 7) is 6.89. The van der Waals surface area contributed by atoms with E-state index in [1.807, 2.05) is 7.05 Å². The van der Waals surface area contributed by atoms with Gasteiger partial charge in [-0.25, -0.2) is 4.79 Å². The van der Waals surface area contributed by atoms with Crippen LogP contribution in [0.1, 0.15) is 40.9 Å². The molecule has 2 aromatic heterocycles. The first-order valence-electron chi connectivity index (χ1n) is 7.92. The summed E-state index contributed by atoms with van der Waals surface area (Å²) in [6.07, 6.45) is 0. The van der Waals surface area contributed by atoms with Crippen LogP contribution in [0.4, 0.5) is 0 Å². The van der Waals surface area contributed by atoms with E-state index in [4.69, 9.17) is 13.8 Å². The third-order valence-corrected chi connectivity index (χ3v) is 3.98. The molecule has 0 bridgehead atoms. The number of hydrogen-bond donors (Lipinski definition) is 0.